The summed E-state index contributed by atoms with van der Waals surface area (Å²) in [5.41, 5.74) is 0.723. The molecule has 2 atom stereocenters. The highest BCUT2D eigenvalue weighted by molar-refractivity contribution is 5.90. The molecule has 134 valence electrons. The molecule has 2 amide bonds. The minimum atomic E-state index is -0.238. The maximum absolute atomic E-state index is 12.8. The van der Waals surface area contributed by atoms with Gasteiger partial charge in [0.25, 0.3) is 0 Å². The predicted octanol–water partition coefficient (Wildman–Crippen LogP) is 2.20. The van der Waals surface area contributed by atoms with Crippen LogP contribution in [-0.4, -0.2) is 48.9 Å². The minimum absolute atomic E-state index is 0.0742. The molecule has 0 radical (unpaired) electrons. The van der Waals surface area contributed by atoms with E-state index in [4.69, 9.17) is 0 Å². The maximum atomic E-state index is 12.8. The van der Waals surface area contributed by atoms with E-state index in [0.717, 1.165) is 37.9 Å². The van der Waals surface area contributed by atoms with Crippen molar-refractivity contribution in [3.8, 4) is 0 Å². The number of aliphatic hydroxyl groups is 1. The molecule has 1 aromatic carbocycles. The number of aromatic nitrogens is 4. The van der Waals surface area contributed by atoms with Gasteiger partial charge >= 0.3 is 6.03 Å². The normalized spacial score (nSPS) is 20.0. The molecule has 0 unspecified atom stereocenters. The van der Waals surface area contributed by atoms with Crippen LogP contribution in [-0.2, 0) is 6.54 Å². The first-order valence-electron chi connectivity index (χ1n) is 8.76. The predicted molar refractivity (Wildman–Crippen MR) is 92.9 cm³/mol. The Hall–Kier alpha value is -2.48. The number of aryl methyl sites for hydroxylation is 1. The second kappa shape index (κ2) is 8.06. The first-order valence-corrected chi connectivity index (χ1v) is 8.76. The number of para-hydroxylation sites is 1. The molecule has 1 aliphatic heterocycles. The van der Waals surface area contributed by atoms with Gasteiger partial charge in [-0.1, -0.05) is 31.5 Å². The van der Waals surface area contributed by atoms with Gasteiger partial charge in [0, 0.05) is 12.2 Å². The number of amides is 2. The summed E-state index contributed by atoms with van der Waals surface area (Å²) in [5, 5.41) is 24.6. The third kappa shape index (κ3) is 3.79. The summed E-state index contributed by atoms with van der Waals surface area (Å²) in [5.74, 6) is 0.688. The lowest BCUT2D eigenvalue weighted by Gasteiger charge is -2.29. The number of nitrogens with zero attached hydrogens (tertiary/aromatic N) is 5. The maximum Gasteiger partial charge on any atom is 0.322 e. The fourth-order valence-corrected chi connectivity index (χ4v) is 3.25. The van der Waals surface area contributed by atoms with Crippen molar-refractivity contribution in [3.05, 3.63) is 36.2 Å². The number of hydrogen-bond acceptors (Lipinski definition) is 5. The topological polar surface area (TPSA) is 96.2 Å². The molecular formula is C17H24N6O2. The lowest BCUT2D eigenvalue weighted by atomic mass is 10.2. The van der Waals surface area contributed by atoms with Crippen LogP contribution in [0.4, 0.5) is 10.5 Å². The van der Waals surface area contributed by atoms with E-state index in [1.807, 2.05) is 30.3 Å². The molecule has 1 fully saturated rings. The average molecular weight is 344 g/mol. The molecule has 3 rings (SSSR count). The minimum Gasteiger partial charge on any atom is -0.394 e. The fraction of sp³-hybridized carbons (Fsp3) is 0.529. The van der Waals surface area contributed by atoms with Gasteiger partial charge in [0.05, 0.1) is 18.7 Å². The Kier molecular flexibility index (Phi) is 5.60. The summed E-state index contributed by atoms with van der Waals surface area (Å²) < 4.78 is 1.77. The van der Waals surface area contributed by atoms with Crippen molar-refractivity contribution in [2.24, 2.45) is 0 Å². The van der Waals surface area contributed by atoms with Gasteiger partial charge in [-0.25, -0.2) is 9.48 Å². The molecule has 1 aliphatic rings. The summed E-state index contributed by atoms with van der Waals surface area (Å²) in [6.45, 7) is 2.77. The Labute approximate surface area is 146 Å². The van der Waals surface area contributed by atoms with Gasteiger partial charge in [0.1, 0.15) is 0 Å². The number of likely N-dealkylation sites (tertiary alicyclic amines) is 1. The van der Waals surface area contributed by atoms with Crippen LogP contribution in [0.5, 0.6) is 0 Å². The monoisotopic (exact) mass is 344 g/mol. The quantitative estimate of drug-likeness (QED) is 0.837. The summed E-state index contributed by atoms with van der Waals surface area (Å²) in [6.07, 6.45) is 3.48. The molecule has 0 aliphatic carbocycles. The third-order valence-electron chi connectivity index (χ3n) is 4.55. The Bertz CT molecular complexity index is 689. The van der Waals surface area contributed by atoms with Gasteiger partial charge in [-0.15, -0.1) is 5.10 Å². The van der Waals surface area contributed by atoms with E-state index >= 15 is 0 Å². The van der Waals surface area contributed by atoms with Crippen LogP contribution in [0.1, 0.15) is 44.5 Å². The molecule has 8 nitrogen and oxygen atoms in total. The van der Waals surface area contributed by atoms with E-state index in [9.17, 15) is 9.90 Å². The Balaban J connectivity index is 1.81. The van der Waals surface area contributed by atoms with Gasteiger partial charge in [-0.2, -0.15) is 0 Å². The summed E-state index contributed by atoms with van der Waals surface area (Å²) in [7, 11) is 0. The van der Waals surface area contributed by atoms with Crippen molar-refractivity contribution >= 4 is 11.7 Å². The van der Waals surface area contributed by atoms with Gasteiger partial charge in [0.15, 0.2) is 5.82 Å². The Morgan fingerprint density at radius 3 is 2.84 bits per heavy atom. The lowest BCUT2D eigenvalue weighted by molar-refractivity contribution is 0.143. The van der Waals surface area contributed by atoms with Crippen molar-refractivity contribution in [2.45, 2.75) is 51.2 Å². The standard InChI is InChI=1S/C17H24N6O2/c1-2-3-11-22-16(19-20-21-22)15-10-9-14(12-24)23(15)17(25)18-13-7-5-4-6-8-13/h4-8,14-15,24H,2-3,9-12H2,1H3,(H,18,25)/t14-,15+/m0/s1. The van der Waals surface area contributed by atoms with Gasteiger partial charge in [-0.3, -0.25) is 0 Å². The molecule has 0 bridgehead atoms. The summed E-state index contributed by atoms with van der Waals surface area (Å²) >= 11 is 0. The zero-order valence-corrected chi connectivity index (χ0v) is 14.4. The van der Waals surface area contributed by atoms with Gasteiger partial charge < -0.3 is 15.3 Å². The van der Waals surface area contributed by atoms with E-state index in [0.29, 0.717) is 5.82 Å². The first-order chi connectivity index (χ1) is 12.2. The smallest absolute Gasteiger partial charge is 0.322 e. The lowest BCUT2D eigenvalue weighted by Crippen LogP contribution is -2.42. The van der Waals surface area contributed by atoms with Crippen molar-refractivity contribution in [2.75, 3.05) is 11.9 Å². The second-order valence-corrected chi connectivity index (χ2v) is 6.25. The number of urea groups is 1. The molecule has 1 saturated heterocycles. The van der Waals surface area contributed by atoms with Crippen LogP contribution in [0.15, 0.2) is 30.3 Å². The summed E-state index contributed by atoms with van der Waals surface area (Å²) in [4.78, 5) is 14.5. The van der Waals surface area contributed by atoms with Crippen molar-refractivity contribution in [1.29, 1.82) is 0 Å². The third-order valence-corrected chi connectivity index (χ3v) is 4.55. The molecule has 0 saturated carbocycles. The van der Waals surface area contributed by atoms with Crippen LogP contribution in [0.3, 0.4) is 0 Å². The fourth-order valence-electron chi connectivity index (χ4n) is 3.25. The molecule has 8 heteroatoms. The van der Waals surface area contributed by atoms with Crippen LogP contribution < -0.4 is 5.32 Å². The van der Waals surface area contributed by atoms with E-state index in [1.165, 1.54) is 0 Å². The molecule has 1 aromatic heterocycles. The SMILES string of the molecule is CCCCn1nnnc1[C@H]1CC[C@@H](CO)N1C(=O)Nc1ccccc1. The molecule has 2 N–H and O–H groups in total. The number of aliphatic hydroxyl groups excluding tert-OH is 1. The average Bonchev–Trinajstić information content (AvgIpc) is 3.26. The van der Waals surface area contributed by atoms with Crippen LogP contribution >= 0.6 is 0 Å². The van der Waals surface area contributed by atoms with Crippen molar-refractivity contribution < 1.29 is 9.90 Å². The molecule has 25 heavy (non-hydrogen) atoms. The number of hydrogen-bond donors (Lipinski definition) is 2. The number of unbranched alkanes of at least 4 members (excludes halogenated alkanes) is 1. The highest BCUT2D eigenvalue weighted by atomic mass is 16.3. The number of anilines is 1. The number of nitrogens with one attached hydrogen (secondary N) is 1. The van der Waals surface area contributed by atoms with Gasteiger partial charge in [0.2, 0.25) is 0 Å². The molecule has 0 spiro atoms. The zero-order chi connectivity index (χ0) is 17.6. The number of carbonyl (C=O) groups is 1. The Morgan fingerprint density at radius 1 is 1.32 bits per heavy atom. The van der Waals surface area contributed by atoms with Crippen molar-refractivity contribution in [1.82, 2.24) is 25.1 Å². The summed E-state index contributed by atoms with van der Waals surface area (Å²) in [6, 6.07) is 8.60. The van der Waals surface area contributed by atoms with E-state index in [1.54, 1.807) is 9.58 Å². The van der Waals surface area contributed by atoms with Crippen LogP contribution in [0.25, 0.3) is 0 Å². The highest BCUT2D eigenvalue weighted by Crippen LogP contribution is 2.35. The number of rotatable bonds is 6. The second-order valence-electron chi connectivity index (χ2n) is 6.25. The Morgan fingerprint density at radius 2 is 2.12 bits per heavy atom. The van der Waals surface area contributed by atoms with Crippen molar-refractivity contribution in [3.63, 3.8) is 0 Å². The van der Waals surface area contributed by atoms with E-state index in [2.05, 4.69) is 27.8 Å². The molecule has 2 heterocycles. The zero-order valence-electron chi connectivity index (χ0n) is 14.4. The number of tetrazole rings is 1. The number of benzene rings is 1. The highest BCUT2D eigenvalue weighted by Gasteiger charge is 2.40. The van der Waals surface area contributed by atoms with E-state index in [-0.39, 0.29) is 24.7 Å². The van der Waals surface area contributed by atoms with Gasteiger partial charge in [-0.05, 0) is 41.8 Å². The molecular weight excluding hydrogens is 320 g/mol. The van der Waals surface area contributed by atoms with E-state index < -0.39 is 0 Å². The number of carbonyl (C=O) groups excluding carboxylic acids is 1. The first kappa shape index (κ1) is 17.3. The molecule has 2 aromatic rings. The largest absolute Gasteiger partial charge is 0.394 e. The van der Waals surface area contributed by atoms with Crippen LogP contribution in [0, 0.1) is 0 Å². The van der Waals surface area contributed by atoms with Crippen LogP contribution in [0.2, 0.25) is 0 Å².